The summed E-state index contributed by atoms with van der Waals surface area (Å²) in [6.45, 7) is 1.88. The van der Waals surface area contributed by atoms with Crippen molar-refractivity contribution in [2.24, 2.45) is 0 Å². The number of carbonyl (C=O) groups excluding carboxylic acids is 1. The van der Waals surface area contributed by atoms with Crippen LogP contribution >= 0.6 is 0 Å². The third-order valence-electron chi connectivity index (χ3n) is 3.83. The number of para-hydroxylation sites is 1. The highest BCUT2D eigenvalue weighted by Crippen LogP contribution is 2.25. The Hall–Kier alpha value is -2.95. The van der Waals surface area contributed by atoms with Gasteiger partial charge in [0.15, 0.2) is 0 Å². The van der Waals surface area contributed by atoms with Crippen molar-refractivity contribution in [3.8, 4) is 11.5 Å². The first-order valence-electron chi connectivity index (χ1n) is 7.63. The molecule has 0 saturated carbocycles. The lowest BCUT2D eigenvalue weighted by molar-refractivity contribution is 0.0935. The lowest BCUT2D eigenvalue weighted by atomic mass is 10.1. The standard InChI is InChI=1S/C19H19NO4/c1-12(18-10-13-6-4-5-7-17(13)24-18)20-19(21)14-8-15(22-2)11-16(9-14)23-3/h4-12H,1-3H3,(H,20,21)/t12-/m0/s1. The van der Waals surface area contributed by atoms with Gasteiger partial charge in [0.05, 0.1) is 20.3 Å². The monoisotopic (exact) mass is 325 g/mol. The normalized spacial score (nSPS) is 12.0. The lowest BCUT2D eigenvalue weighted by Gasteiger charge is -2.13. The van der Waals surface area contributed by atoms with Crippen LogP contribution in [0.5, 0.6) is 11.5 Å². The Bertz CT molecular complexity index is 813. The minimum Gasteiger partial charge on any atom is -0.497 e. The van der Waals surface area contributed by atoms with Gasteiger partial charge in [0, 0.05) is 17.0 Å². The maximum absolute atomic E-state index is 12.5. The number of carbonyl (C=O) groups is 1. The Morgan fingerprint density at radius 2 is 1.71 bits per heavy atom. The van der Waals surface area contributed by atoms with Gasteiger partial charge in [-0.2, -0.15) is 0 Å². The van der Waals surface area contributed by atoms with E-state index in [4.69, 9.17) is 13.9 Å². The van der Waals surface area contributed by atoms with Gasteiger partial charge in [-0.15, -0.1) is 0 Å². The van der Waals surface area contributed by atoms with E-state index in [0.29, 0.717) is 22.8 Å². The molecule has 0 spiro atoms. The van der Waals surface area contributed by atoms with Crippen molar-refractivity contribution in [3.05, 3.63) is 59.9 Å². The number of benzene rings is 2. The summed E-state index contributed by atoms with van der Waals surface area (Å²) in [6, 6.07) is 14.5. The van der Waals surface area contributed by atoms with Crippen LogP contribution in [-0.2, 0) is 0 Å². The Morgan fingerprint density at radius 3 is 2.33 bits per heavy atom. The number of hydrogen-bond acceptors (Lipinski definition) is 4. The van der Waals surface area contributed by atoms with E-state index in [1.807, 2.05) is 37.3 Å². The fraction of sp³-hybridized carbons (Fsp3) is 0.211. The number of nitrogens with one attached hydrogen (secondary N) is 1. The molecule has 3 aromatic rings. The highest BCUT2D eigenvalue weighted by molar-refractivity contribution is 5.95. The number of amides is 1. The van der Waals surface area contributed by atoms with Crippen molar-refractivity contribution in [2.75, 3.05) is 14.2 Å². The Balaban J connectivity index is 1.80. The minimum absolute atomic E-state index is 0.222. The molecule has 0 fully saturated rings. The van der Waals surface area contributed by atoms with E-state index in [1.54, 1.807) is 32.4 Å². The molecule has 2 aromatic carbocycles. The molecule has 0 saturated heterocycles. The molecule has 1 atom stereocenters. The molecule has 24 heavy (non-hydrogen) atoms. The number of furan rings is 1. The van der Waals surface area contributed by atoms with Crippen molar-refractivity contribution in [3.63, 3.8) is 0 Å². The van der Waals surface area contributed by atoms with Crippen LogP contribution < -0.4 is 14.8 Å². The van der Waals surface area contributed by atoms with Crippen molar-refractivity contribution in [1.82, 2.24) is 5.32 Å². The molecular weight excluding hydrogens is 306 g/mol. The average molecular weight is 325 g/mol. The van der Waals surface area contributed by atoms with Crippen LogP contribution in [-0.4, -0.2) is 20.1 Å². The van der Waals surface area contributed by atoms with Crippen molar-refractivity contribution < 1.29 is 18.7 Å². The molecule has 1 N–H and O–H groups in total. The van der Waals surface area contributed by atoms with Crippen LogP contribution in [0.25, 0.3) is 11.0 Å². The highest BCUT2D eigenvalue weighted by Gasteiger charge is 2.16. The quantitative estimate of drug-likeness (QED) is 0.772. The summed E-state index contributed by atoms with van der Waals surface area (Å²) < 4.78 is 16.2. The SMILES string of the molecule is COc1cc(OC)cc(C(=O)N[C@@H](C)c2cc3ccccc3o2)c1. The predicted molar refractivity (Wildman–Crippen MR) is 91.6 cm³/mol. The molecule has 1 amide bonds. The average Bonchev–Trinajstić information content (AvgIpc) is 3.05. The van der Waals surface area contributed by atoms with Gasteiger partial charge < -0.3 is 19.2 Å². The van der Waals surface area contributed by atoms with Gasteiger partial charge in [-0.25, -0.2) is 0 Å². The Labute approximate surface area is 140 Å². The summed E-state index contributed by atoms with van der Waals surface area (Å²) in [7, 11) is 3.10. The summed E-state index contributed by atoms with van der Waals surface area (Å²) in [4.78, 5) is 12.5. The predicted octanol–water partition coefficient (Wildman–Crippen LogP) is 3.94. The van der Waals surface area contributed by atoms with Crippen LogP contribution in [0, 0.1) is 0 Å². The third-order valence-corrected chi connectivity index (χ3v) is 3.83. The molecule has 1 heterocycles. The van der Waals surface area contributed by atoms with Crippen LogP contribution in [0.3, 0.4) is 0 Å². The number of methoxy groups -OCH3 is 2. The smallest absolute Gasteiger partial charge is 0.252 e. The molecule has 5 nitrogen and oxygen atoms in total. The molecule has 1 aromatic heterocycles. The van der Waals surface area contributed by atoms with E-state index in [2.05, 4.69) is 5.32 Å². The Morgan fingerprint density at radius 1 is 1.04 bits per heavy atom. The molecule has 0 radical (unpaired) electrons. The van der Waals surface area contributed by atoms with Crippen LogP contribution in [0.2, 0.25) is 0 Å². The topological polar surface area (TPSA) is 60.7 Å². The van der Waals surface area contributed by atoms with Gasteiger partial charge in [-0.1, -0.05) is 18.2 Å². The number of fused-ring (bicyclic) bond motifs is 1. The van der Waals surface area contributed by atoms with Gasteiger partial charge >= 0.3 is 0 Å². The lowest BCUT2D eigenvalue weighted by Crippen LogP contribution is -2.26. The van der Waals surface area contributed by atoms with Gasteiger partial charge in [-0.3, -0.25) is 4.79 Å². The van der Waals surface area contributed by atoms with Crippen molar-refractivity contribution in [2.45, 2.75) is 13.0 Å². The van der Waals surface area contributed by atoms with Crippen LogP contribution in [0.1, 0.15) is 29.1 Å². The number of rotatable bonds is 5. The molecule has 0 aliphatic heterocycles. The molecular formula is C19H19NO4. The molecule has 0 bridgehead atoms. The molecule has 124 valence electrons. The summed E-state index contributed by atoms with van der Waals surface area (Å²) in [6.07, 6.45) is 0. The maximum Gasteiger partial charge on any atom is 0.252 e. The third kappa shape index (κ3) is 3.20. The maximum atomic E-state index is 12.5. The van der Waals surface area contributed by atoms with Crippen LogP contribution in [0.15, 0.2) is 52.9 Å². The van der Waals surface area contributed by atoms with Gasteiger partial charge in [0.2, 0.25) is 0 Å². The van der Waals surface area contributed by atoms with Crippen molar-refractivity contribution in [1.29, 1.82) is 0 Å². The summed E-state index contributed by atoms with van der Waals surface area (Å²) in [5.74, 6) is 1.62. The zero-order valence-corrected chi connectivity index (χ0v) is 13.8. The first-order valence-corrected chi connectivity index (χ1v) is 7.63. The number of hydrogen-bond donors (Lipinski definition) is 1. The van der Waals surface area contributed by atoms with E-state index in [1.165, 1.54) is 0 Å². The second kappa shape index (κ2) is 6.66. The fourth-order valence-electron chi connectivity index (χ4n) is 2.51. The second-order valence-corrected chi connectivity index (χ2v) is 5.48. The number of ether oxygens (including phenoxy) is 2. The minimum atomic E-state index is -0.262. The fourth-order valence-corrected chi connectivity index (χ4v) is 2.51. The zero-order chi connectivity index (χ0) is 17.1. The molecule has 0 aliphatic carbocycles. The Kier molecular flexibility index (Phi) is 4.42. The van der Waals surface area contributed by atoms with Crippen LogP contribution in [0.4, 0.5) is 0 Å². The van der Waals surface area contributed by atoms with E-state index in [0.717, 1.165) is 11.0 Å². The first kappa shape index (κ1) is 15.9. The van der Waals surface area contributed by atoms with E-state index in [-0.39, 0.29) is 11.9 Å². The molecule has 5 heteroatoms. The van der Waals surface area contributed by atoms with Gasteiger partial charge in [0.25, 0.3) is 5.91 Å². The molecule has 0 aliphatic rings. The van der Waals surface area contributed by atoms with Crippen molar-refractivity contribution >= 4 is 16.9 Å². The van der Waals surface area contributed by atoms with E-state index < -0.39 is 0 Å². The second-order valence-electron chi connectivity index (χ2n) is 5.48. The summed E-state index contributed by atoms with van der Waals surface area (Å²) >= 11 is 0. The summed E-state index contributed by atoms with van der Waals surface area (Å²) in [5, 5.41) is 3.94. The van der Waals surface area contributed by atoms with Gasteiger partial charge in [-0.05, 0) is 31.2 Å². The first-order chi connectivity index (χ1) is 11.6. The van der Waals surface area contributed by atoms with E-state index in [9.17, 15) is 4.79 Å². The zero-order valence-electron chi connectivity index (χ0n) is 13.8. The molecule has 0 unspecified atom stereocenters. The highest BCUT2D eigenvalue weighted by atomic mass is 16.5. The summed E-state index contributed by atoms with van der Waals surface area (Å²) in [5.41, 5.74) is 1.27. The molecule has 3 rings (SSSR count). The van der Waals surface area contributed by atoms with Gasteiger partial charge in [0.1, 0.15) is 22.8 Å². The largest absolute Gasteiger partial charge is 0.497 e. The van der Waals surface area contributed by atoms with E-state index >= 15 is 0 Å².